The van der Waals surface area contributed by atoms with Crippen LogP contribution in [0.3, 0.4) is 0 Å². The summed E-state index contributed by atoms with van der Waals surface area (Å²) in [5, 5.41) is 9.03. The van der Waals surface area contributed by atoms with Crippen molar-refractivity contribution in [2.24, 2.45) is 11.7 Å². The molecule has 0 spiro atoms. The highest BCUT2D eigenvalue weighted by Gasteiger charge is 2.18. The van der Waals surface area contributed by atoms with E-state index in [9.17, 15) is 0 Å². The highest BCUT2D eigenvalue weighted by molar-refractivity contribution is 7.80. The Bertz CT molecular complexity index is 448. The van der Waals surface area contributed by atoms with Crippen molar-refractivity contribution in [2.45, 2.75) is 19.3 Å². The van der Waals surface area contributed by atoms with Gasteiger partial charge in [0, 0.05) is 25.3 Å². The minimum absolute atomic E-state index is 0.296. The summed E-state index contributed by atoms with van der Waals surface area (Å²) < 4.78 is 5.76. The highest BCUT2D eigenvalue weighted by atomic mass is 32.1. The fourth-order valence-electron chi connectivity index (χ4n) is 2.78. The number of rotatable bonds is 7. The second-order valence-electron chi connectivity index (χ2n) is 5.56. The lowest BCUT2D eigenvalue weighted by Crippen LogP contribution is -2.38. The Morgan fingerprint density at radius 1 is 1.38 bits per heavy atom. The number of hydrogen-bond acceptors (Lipinski definition) is 4. The van der Waals surface area contributed by atoms with E-state index in [-0.39, 0.29) is 0 Å². The Labute approximate surface area is 131 Å². The molecule has 1 fully saturated rings. The molecule has 1 saturated heterocycles. The molecule has 0 bridgehead atoms. The SMILES string of the molecule is NC(=S)c1ccc(OCCN2CCCC(CCO)C2)cc1. The molecule has 0 saturated carbocycles. The molecule has 2 rings (SSSR count). The first-order valence-electron chi connectivity index (χ1n) is 7.55. The molecule has 1 atom stereocenters. The normalized spacial score (nSPS) is 19.4. The van der Waals surface area contributed by atoms with Crippen LogP contribution in [0.4, 0.5) is 0 Å². The summed E-state index contributed by atoms with van der Waals surface area (Å²) in [5.74, 6) is 1.48. The van der Waals surface area contributed by atoms with Gasteiger partial charge in [-0.15, -0.1) is 0 Å². The van der Waals surface area contributed by atoms with Gasteiger partial charge in [0.2, 0.25) is 0 Å². The Morgan fingerprint density at radius 2 is 2.14 bits per heavy atom. The quantitative estimate of drug-likeness (QED) is 0.752. The standard InChI is InChI=1S/C16H24N2O2S/c17-16(21)14-3-5-15(6-4-14)20-11-9-18-8-1-2-13(12-18)7-10-19/h3-6,13,19H,1-2,7-12H2,(H2,17,21). The van der Waals surface area contributed by atoms with Gasteiger partial charge in [-0.25, -0.2) is 0 Å². The van der Waals surface area contributed by atoms with Crippen LogP contribution in [-0.4, -0.2) is 47.8 Å². The molecule has 0 amide bonds. The van der Waals surface area contributed by atoms with Crippen LogP contribution < -0.4 is 10.5 Å². The maximum absolute atomic E-state index is 9.03. The van der Waals surface area contributed by atoms with Gasteiger partial charge in [-0.3, -0.25) is 4.90 Å². The summed E-state index contributed by atoms with van der Waals surface area (Å²) in [7, 11) is 0. The van der Waals surface area contributed by atoms with Crippen molar-refractivity contribution in [1.29, 1.82) is 0 Å². The molecule has 0 radical (unpaired) electrons. The Hall–Kier alpha value is -1.17. The number of hydrogen-bond donors (Lipinski definition) is 2. The van der Waals surface area contributed by atoms with E-state index in [2.05, 4.69) is 4.90 Å². The summed E-state index contributed by atoms with van der Waals surface area (Å²) in [4.78, 5) is 2.83. The van der Waals surface area contributed by atoms with Crippen LogP contribution >= 0.6 is 12.2 Å². The maximum Gasteiger partial charge on any atom is 0.119 e. The third-order valence-electron chi connectivity index (χ3n) is 3.96. The molecule has 1 aromatic rings. The summed E-state index contributed by atoms with van der Waals surface area (Å²) in [5.41, 5.74) is 6.43. The van der Waals surface area contributed by atoms with Gasteiger partial charge in [0.05, 0.1) is 0 Å². The zero-order chi connectivity index (χ0) is 15.1. The van der Waals surface area contributed by atoms with Gasteiger partial charge in [-0.1, -0.05) is 12.2 Å². The lowest BCUT2D eigenvalue weighted by Gasteiger charge is -2.32. The van der Waals surface area contributed by atoms with Gasteiger partial charge in [0.1, 0.15) is 17.3 Å². The number of nitrogens with zero attached hydrogens (tertiary/aromatic N) is 1. The van der Waals surface area contributed by atoms with Gasteiger partial charge in [-0.2, -0.15) is 0 Å². The molecular weight excluding hydrogens is 284 g/mol. The minimum atomic E-state index is 0.296. The molecule has 0 aromatic heterocycles. The molecule has 1 aliphatic rings. The molecular formula is C16H24N2O2S. The number of likely N-dealkylation sites (tertiary alicyclic amines) is 1. The fourth-order valence-corrected chi connectivity index (χ4v) is 2.92. The molecule has 0 aliphatic carbocycles. The van der Waals surface area contributed by atoms with Gasteiger partial charge in [0.15, 0.2) is 0 Å². The van der Waals surface area contributed by atoms with E-state index < -0.39 is 0 Å². The van der Waals surface area contributed by atoms with Crippen molar-refractivity contribution in [3.05, 3.63) is 29.8 Å². The minimum Gasteiger partial charge on any atom is -0.492 e. The first kappa shape index (κ1) is 16.2. The lowest BCUT2D eigenvalue weighted by molar-refractivity contribution is 0.129. The summed E-state index contributed by atoms with van der Waals surface area (Å²) >= 11 is 4.92. The van der Waals surface area contributed by atoms with Gasteiger partial charge < -0.3 is 15.6 Å². The van der Waals surface area contributed by atoms with E-state index in [4.69, 9.17) is 27.8 Å². The predicted molar refractivity (Wildman–Crippen MR) is 88.7 cm³/mol. The maximum atomic E-state index is 9.03. The summed E-state index contributed by atoms with van der Waals surface area (Å²) in [6.45, 7) is 4.11. The molecule has 1 aromatic carbocycles. The summed E-state index contributed by atoms with van der Waals surface area (Å²) in [6.07, 6.45) is 3.36. The van der Waals surface area contributed by atoms with Crippen LogP contribution in [-0.2, 0) is 0 Å². The Balaban J connectivity index is 1.72. The summed E-state index contributed by atoms with van der Waals surface area (Å²) in [6, 6.07) is 7.57. The average molecular weight is 308 g/mol. The van der Waals surface area contributed by atoms with Crippen molar-refractivity contribution in [2.75, 3.05) is 32.8 Å². The van der Waals surface area contributed by atoms with E-state index in [0.717, 1.165) is 37.4 Å². The number of ether oxygens (including phenoxy) is 1. The number of piperidine rings is 1. The van der Waals surface area contributed by atoms with Crippen LogP contribution in [0.2, 0.25) is 0 Å². The van der Waals surface area contributed by atoms with Gasteiger partial charge in [-0.05, 0) is 56.0 Å². The van der Waals surface area contributed by atoms with E-state index in [1.54, 1.807) is 0 Å². The zero-order valence-electron chi connectivity index (χ0n) is 12.3. The second-order valence-corrected chi connectivity index (χ2v) is 6.00. The average Bonchev–Trinajstić information content (AvgIpc) is 2.48. The van der Waals surface area contributed by atoms with Gasteiger partial charge >= 0.3 is 0 Å². The molecule has 1 aliphatic heterocycles. The van der Waals surface area contributed by atoms with Crippen LogP contribution in [0.5, 0.6) is 5.75 Å². The largest absolute Gasteiger partial charge is 0.492 e. The molecule has 1 heterocycles. The van der Waals surface area contributed by atoms with Crippen LogP contribution in [0.15, 0.2) is 24.3 Å². The molecule has 4 nitrogen and oxygen atoms in total. The van der Waals surface area contributed by atoms with Crippen LogP contribution in [0.25, 0.3) is 0 Å². The topological polar surface area (TPSA) is 58.7 Å². The van der Waals surface area contributed by atoms with Crippen molar-refractivity contribution in [3.8, 4) is 5.75 Å². The van der Waals surface area contributed by atoms with E-state index in [0.29, 0.717) is 24.1 Å². The second kappa shape index (κ2) is 8.32. The van der Waals surface area contributed by atoms with Gasteiger partial charge in [0.25, 0.3) is 0 Å². The number of thiocarbonyl (C=S) groups is 1. The van der Waals surface area contributed by atoms with E-state index in [1.807, 2.05) is 24.3 Å². The van der Waals surface area contributed by atoms with Crippen molar-refractivity contribution >= 4 is 17.2 Å². The van der Waals surface area contributed by atoms with Crippen molar-refractivity contribution < 1.29 is 9.84 Å². The third kappa shape index (κ3) is 5.26. The number of benzene rings is 1. The highest BCUT2D eigenvalue weighted by Crippen LogP contribution is 2.19. The van der Waals surface area contributed by atoms with E-state index in [1.165, 1.54) is 12.8 Å². The Kier molecular flexibility index (Phi) is 6.42. The molecule has 116 valence electrons. The lowest BCUT2D eigenvalue weighted by atomic mass is 9.95. The first-order valence-corrected chi connectivity index (χ1v) is 7.95. The van der Waals surface area contributed by atoms with E-state index >= 15 is 0 Å². The number of aliphatic hydroxyl groups excluding tert-OH is 1. The first-order chi connectivity index (χ1) is 10.2. The third-order valence-corrected chi connectivity index (χ3v) is 4.19. The Morgan fingerprint density at radius 3 is 2.81 bits per heavy atom. The number of aliphatic hydroxyl groups is 1. The monoisotopic (exact) mass is 308 g/mol. The smallest absolute Gasteiger partial charge is 0.119 e. The molecule has 1 unspecified atom stereocenters. The van der Waals surface area contributed by atoms with Crippen molar-refractivity contribution in [1.82, 2.24) is 4.90 Å². The zero-order valence-corrected chi connectivity index (χ0v) is 13.1. The van der Waals surface area contributed by atoms with Crippen LogP contribution in [0.1, 0.15) is 24.8 Å². The fraction of sp³-hybridized carbons (Fsp3) is 0.562. The molecule has 3 N–H and O–H groups in total. The molecule has 5 heteroatoms. The van der Waals surface area contributed by atoms with Crippen LogP contribution in [0, 0.1) is 5.92 Å². The molecule has 21 heavy (non-hydrogen) atoms. The number of nitrogens with two attached hydrogens (primary N) is 1. The predicted octanol–water partition coefficient (Wildman–Crippen LogP) is 1.79. The van der Waals surface area contributed by atoms with Crippen molar-refractivity contribution in [3.63, 3.8) is 0 Å².